The number of thiophene rings is 1. The first-order valence-corrected chi connectivity index (χ1v) is 13.2. The molecule has 0 N–H and O–H groups in total. The molecule has 39 heavy (non-hydrogen) atoms. The summed E-state index contributed by atoms with van der Waals surface area (Å²) in [7, 11) is 0. The Kier molecular flexibility index (Phi) is 6.31. The summed E-state index contributed by atoms with van der Waals surface area (Å²) < 4.78 is 0. The van der Waals surface area contributed by atoms with Crippen LogP contribution in [-0.4, -0.2) is 10.8 Å². The van der Waals surface area contributed by atoms with Gasteiger partial charge in [0, 0.05) is 33.5 Å². The number of carbonyl (C=O) groups excluding carboxylic acids is 1. The lowest BCUT2D eigenvalue weighted by atomic mass is 9.97. The maximum Gasteiger partial charge on any atom is 0.190 e. The van der Waals surface area contributed by atoms with Crippen molar-refractivity contribution >= 4 is 51.9 Å². The topological polar surface area (TPSA) is 80.8 Å². The van der Waals surface area contributed by atoms with E-state index in [-0.39, 0.29) is 11.4 Å². The lowest BCUT2D eigenvalue weighted by Gasteiger charge is -2.22. The van der Waals surface area contributed by atoms with Gasteiger partial charge >= 0.3 is 0 Å². The zero-order valence-corrected chi connectivity index (χ0v) is 21.5. The number of fused-ring (bicyclic) bond motifs is 1. The molecule has 5 nitrogen and oxygen atoms in total. The zero-order chi connectivity index (χ0) is 26.8. The van der Waals surface area contributed by atoms with Crippen molar-refractivity contribution in [3.05, 3.63) is 134 Å². The third kappa shape index (κ3) is 4.40. The number of hydrogen-bond donors (Lipinski definition) is 0. The Balaban J connectivity index is 1.47. The molecular formula is C33H20N4OS. The van der Waals surface area contributed by atoms with Gasteiger partial charge in [-0.05, 0) is 71.0 Å². The van der Waals surface area contributed by atoms with Crippen LogP contribution in [0, 0.1) is 22.7 Å². The maximum absolute atomic E-state index is 13.7. The quantitative estimate of drug-likeness (QED) is 0.248. The Bertz CT molecular complexity index is 1860. The number of allylic oxidation sites excluding steroid dienone is 5. The molecule has 2 aromatic carbocycles. The molecule has 0 aliphatic heterocycles. The molecule has 0 spiro atoms. The molecular weight excluding hydrogens is 500 g/mol. The SMILES string of the molecule is N#CC(C#N)=C1C2=C(CC=c3ccccc3=C2)C(=O)/C1=C/c1ccc(N(c2ccccc2)c2ccccn2)s1. The zero-order valence-electron chi connectivity index (χ0n) is 20.7. The monoisotopic (exact) mass is 520 g/mol. The van der Waals surface area contributed by atoms with Gasteiger partial charge < -0.3 is 0 Å². The number of carbonyl (C=O) groups is 1. The minimum absolute atomic E-state index is 0.0635. The van der Waals surface area contributed by atoms with Crippen molar-refractivity contribution in [1.29, 1.82) is 10.5 Å². The number of para-hydroxylation sites is 1. The van der Waals surface area contributed by atoms with E-state index in [1.807, 2.05) is 109 Å². The molecule has 0 atom stereocenters. The van der Waals surface area contributed by atoms with Crippen molar-refractivity contribution in [2.45, 2.75) is 6.42 Å². The number of nitrogens with zero attached hydrogens (tertiary/aromatic N) is 4. The van der Waals surface area contributed by atoms with Crippen molar-refractivity contribution < 1.29 is 4.79 Å². The molecule has 0 unspecified atom stereocenters. The predicted octanol–water partition coefficient (Wildman–Crippen LogP) is 5.88. The highest BCUT2D eigenvalue weighted by atomic mass is 32.1. The molecule has 6 rings (SSSR count). The van der Waals surface area contributed by atoms with Crippen LogP contribution in [0.2, 0.25) is 0 Å². The molecule has 4 aromatic rings. The molecule has 184 valence electrons. The number of aromatic nitrogens is 1. The molecule has 0 saturated heterocycles. The Morgan fingerprint density at radius 2 is 1.64 bits per heavy atom. The van der Waals surface area contributed by atoms with Gasteiger partial charge in [-0.2, -0.15) is 10.5 Å². The minimum atomic E-state index is -0.150. The predicted molar refractivity (Wildman–Crippen MR) is 154 cm³/mol. The molecule has 0 bridgehead atoms. The van der Waals surface area contributed by atoms with Crippen LogP contribution in [0.3, 0.4) is 0 Å². The summed E-state index contributed by atoms with van der Waals surface area (Å²) in [5.41, 5.74) is 2.94. The Hall–Kier alpha value is -5.30. The van der Waals surface area contributed by atoms with E-state index in [4.69, 9.17) is 0 Å². The van der Waals surface area contributed by atoms with Crippen molar-refractivity contribution in [3.8, 4) is 12.1 Å². The largest absolute Gasteiger partial charge is 0.289 e. The second-order valence-electron chi connectivity index (χ2n) is 8.97. The lowest BCUT2D eigenvalue weighted by Crippen LogP contribution is -2.23. The second-order valence-corrected chi connectivity index (χ2v) is 10.1. The van der Waals surface area contributed by atoms with E-state index >= 15 is 0 Å². The smallest absolute Gasteiger partial charge is 0.190 e. The number of rotatable bonds is 4. The Labute approximate surface area is 229 Å². The number of hydrogen-bond acceptors (Lipinski definition) is 6. The Morgan fingerprint density at radius 3 is 2.38 bits per heavy atom. The van der Waals surface area contributed by atoms with Crippen LogP contribution >= 0.6 is 11.3 Å². The number of ketones is 1. The maximum atomic E-state index is 13.7. The van der Waals surface area contributed by atoms with Crippen LogP contribution in [0.4, 0.5) is 16.5 Å². The molecule has 2 heterocycles. The van der Waals surface area contributed by atoms with Crippen LogP contribution < -0.4 is 15.3 Å². The molecule has 6 heteroatoms. The average molecular weight is 521 g/mol. The standard InChI is InChI=1S/C33H20N4OS/c34-20-24(21-35)32-28-18-23-9-5-4-8-22(23)13-15-27(28)33(38)29(32)19-26-14-16-31(39-26)37(25-10-2-1-3-11-25)30-12-6-7-17-36-30/h1-14,16-19H,15H2/b29-19+. The van der Waals surface area contributed by atoms with Crippen molar-refractivity contribution in [3.63, 3.8) is 0 Å². The van der Waals surface area contributed by atoms with Crippen LogP contribution in [0.5, 0.6) is 0 Å². The molecule has 0 amide bonds. The van der Waals surface area contributed by atoms with E-state index in [2.05, 4.69) is 9.88 Å². The van der Waals surface area contributed by atoms with Gasteiger partial charge in [0.1, 0.15) is 28.5 Å². The summed E-state index contributed by atoms with van der Waals surface area (Å²) in [5.74, 6) is 0.624. The van der Waals surface area contributed by atoms with Gasteiger partial charge in [0.15, 0.2) is 5.78 Å². The first kappa shape index (κ1) is 24.1. The van der Waals surface area contributed by atoms with Crippen molar-refractivity contribution in [2.75, 3.05) is 4.90 Å². The van der Waals surface area contributed by atoms with Crippen LogP contribution in [0.25, 0.3) is 18.2 Å². The van der Waals surface area contributed by atoms with Gasteiger partial charge in [0.2, 0.25) is 0 Å². The third-order valence-corrected chi connectivity index (χ3v) is 7.71. The number of Topliss-reactive ketones (excluding diaryl/α,β-unsaturated/α-hetero) is 1. The fraction of sp³-hybridized carbons (Fsp3) is 0.0303. The fourth-order valence-corrected chi connectivity index (χ4v) is 5.89. The molecule has 2 aromatic heterocycles. The van der Waals surface area contributed by atoms with Gasteiger partial charge in [0.25, 0.3) is 0 Å². The van der Waals surface area contributed by atoms with E-state index in [1.165, 1.54) is 11.3 Å². The number of anilines is 3. The van der Waals surface area contributed by atoms with E-state index < -0.39 is 0 Å². The normalized spacial score (nSPS) is 14.9. The number of pyridine rings is 1. The summed E-state index contributed by atoms with van der Waals surface area (Å²) >= 11 is 1.51. The van der Waals surface area contributed by atoms with E-state index in [1.54, 1.807) is 12.3 Å². The first-order chi connectivity index (χ1) is 19.2. The molecule has 0 fully saturated rings. The van der Waals surface area contributed by atoms with Gasteiger partial charge in [-0.1, -0.05) is 54.6 Å². The van der Waals surface area contributed by atoms with Gasteiger partial charge in [-0.15, -0.1) is 11.3 Å². The second kappa shape index (κ2) is 10.2. The summed E-state index contributed by atoms with van der Waals surface area (Å²) in [6.45, 7) is 0. The summed E-state index contributed by atoms with van der Waals surface area (Å²) in [4.78, 5) is 21.2. The van der Waals surface area contributed by atoms with Gasteiger partial charge in [-0.3, -0.25) is 9.69 Å². The highest BCUT2D eigenvalue weighted by Crippen LogP contribution is 2.42. The summed E-state index contributed by atoms with van der Waals surface area (Å²) in [5, 5.41) is 22.5. The Morgan fingerprint density at radius 1 is 0.897 bits per heavy atom. The van der Waals surface area contributed by atoms with Gasteiger partial charge in [-0.25, -0.2) is 4.98 Å². The van der Waals surface area contributed by atoms with Crippen molar-refractivity contribution in [2.24, 2.45) is 0 Å². The van der Waals surface area contributed by atoms with Gasteiger partial charge in [0.05, 0.1) is 0 Å². The van der Waals surface area contributed by atoms with E-state index in [0.717, 1.165) is 31.8 Å². The first-order valence-electron chi connectivity index (χ1n) is 12.4. The van der Waals surface area contributed by atoms with Crippen LogP contribution in [0.15, 0.2) is 119 Å². The van der Waals surface area contributed by atoms with E-state index in [9.17, 15) is 15.3 Å². The number of benzene rings is 2. The molecule has 2 aliphatic rings. The van der Waals surface area contributed by atoms with Crippen LogP contribution in [-0.2, 0) is 4.79 Å². The highest BCUT2D eigenvalue weighted by molar-refractivity contribution is 7.17. The number of nitriles is 2. The molecule has 0 radical (unpaired) electrons. The summed E-state index contributed by atoms with van der Waals surface area (Å²) in [6, 6.07) is 31.6. The van der Waals surface area contributed by atoms with Crippen molar-refractivity contribution in [1.82, 2.24) is 4.98 Å². The summed E-state index contributed by atoms with van der Waals surface area (Å²) in [6.07, 6.45) is 7.94. The lowest BCUT2D eigenvalue weighted by molar-refractivity contribution is -0.111. The highest BCUT2D eigenvalue weighted by Gasteiger charge is 2.34. The fourth-order valence-electron chi connectivity index (χ4n) is 4.91. The minimum Gasteiger partial charge on any atom is -0.289 e. The van der Waals surface area contributed by atoms with E-state index in [0.29, 0.717) is 28.7 Å². The van der Waals surface area contributed by atoms with Crippen LogP contribution in [0.1, 0.15) is 11.3 Å². The third-order valence-electron chi connectivity index (χ3n) is 6.69. The molecule has 2 aliphatic carbocycles. The average Bonchev–Trinajstić information content (AvgIpc) is 3.46. The molecule has 0 saturated carbocycles.